The third-order valence-electron chi connectivity index (χ3n) is 4.48. The first-order chi connectivity index (χ1) is 13.4. The van der Waals surface area contributed by atoms with E-state index >= 15 is 0 Å². The zero-order valence-electron chi connectivity index (χ0n) is 16.3. The van der Waals surface area contributed by atoms with Crippen molar-refractivity contribution in [2.45, 2.75) is 40.2 Å². The summed E-state index contributed by atoms with van der Waals surface area (Å²) in [5.74, 6) is 0.453. The van der Waals surface area contributed by atoms with E-state index in [0.29, 0.717) is 23.6 Å². The predicted molar refractivity (Wildman–Crippen MR) is 109 cm³/mol. The van der Waals surface area contributed by atoms with Crippen LogP contribution in [0.1, 0.15) is 31.2 Å². The molecule has 0 spiro atoms. The summed E-state index contributed by atoms with van der Waals surface area (Å²) in [6.07, 6.45) is 3.52. The van der Waals surface area contributed by atoms with Crippen LogP contribution in [0, 0.1) is 19.7 Å². The number of aryl methyl sites for hydroxylation is 3. The molecule has 0 saturated carbocycles. The Morgan fingerprint density at radius 2 is 1.79 bits per heavy atom. The van der Waals surface area contributed by atoms with Gasteiger partial charge in [0.05, 0.1) is 0 Å². The predicted octanol–water partition coefficient (Wildman–Crippen LogP) is 4.84. The number of benzene rings is 1. The molecule has 2 heterocycles. The molecular formula is C22H24FN3O2. The Hall–Kier alpha value is -3.15. The van der Waals surface area contributed by atoms with Gasteiger partial charge in [-0.25, -0.2) is 4.39 Å². The van der Waals surface area contributed by atoms with Gasteiger partial charge in [0, 0.05) is 53.5 Å². The maximum atomic E-state index is 14.8. The van der Waals surface area contributed by atoms with Crippen LogP contribution in [0.25, 0.3) is 11.1 Å². The molecule has 6 heteroatoms. The molecule has 0 aliphatic carbocycles. The van der Waals surface area contributed by atoms with Crippen LogP contribution in [-0.2, 0) is 6.54 Å². The van der Waals surface area contributed by atoms with E-state index in [4.69, 9.17) is 10.5 Å². The van der Waals surface area contributed by atoms with E-state index < -0.39 is 5.82 Å². The summed E-state index contributed by atoms with van der Waals surface area (Å²) in [6.45, 7) is 6.39. The first-order valence-corrected chi connectivity index (χ1v) is 9.31. The highest BCUT2D eigenvalue weighted by Gasteiger charge is 2.14. The number of nitrogens with zero attached hydrogens (tertiary/aromatic N) is 2. The molecule has 5 nitrogen and oxygen atoms in total. The molecule has 0 fully saturated rings. The number of halogens is 1. The van der Waals surface area contributed by atoms with E-state index in [0.717, 1.165) is 24.2 Å². The van der Waals surface area contributed by atoms with Gasteiger partial charge in [-0.1, -0.05) is 13.3 Å². The summed E-state index contributed by atoms with van der Waals surface area (Å²) in [5, 5.41) is 0. The van der Waals surface area contributed by atoms with Crippen molar-refractivity contribution >= 4 is 5.69 Å². The summed E-state index contributed by atoms with van der Waals surface area (Å²) >= 11 is 0. The number of aromatic nitrogens is 2. The molecule has 0 aliphatic rings. The topological polar surface area (TPSA) is 70.1 Å². The second kappa shape index (κ2) is 8.25. The Morgan fingerprint density at radius 3 is 2.43 bits per heavy atom. The van der Waals surface area contributed by atoms with E-state index in [-0.39, 0.29) is 16.8 Å². The standard InChI is InChI=1S/C22H24FN3O2/c1-4-5-9-26-10-8-19(21(24)22(26)27)18-7-6-16(13-20(18)23)28-17-11-14(2)25-15(3)12-17/h6-8,10-13H,4-5,9,24H2,1-3H3. The van der Waals surface area contributed by atoms with Gasteiger partial charge in [0.2, 0.25) is 0 Å². The van der Waals surface area contributed by atoms with Gasteiger partial charge in [-0.2, -0.15) is 0 Å². The van der Waals surface area contributed by atoms with E-state index in [2.05, 4.69) is 11.9 Å². The Morgan fingerprint density at radius 1 is 1.07 bits per heavy atom. The number of anilines is 1. The summed E-state index contributed by atoms with van der Waals surface area (Å²) in [4.78, 5) is 16.7. The Bertz CT molecular complexity index is 1040. The minimum absolute atomic E-state index is 0.0477. The van der Waals surface area contributed by atoms with Crippen molar-refractivity contribution in [1.82, 2.24) is 9.55 Å². The van der Waals surface area contributed by atoms with Gasteiger partial charge >= 0.3 is 0 Å². The van der Waals surface area contributed by atoms with Gasteiger partial charge in [-0.3, -0.25) is 9.78 Å². The molecule has 28 heavy (non-hydrogen) atoms. The molecular weight excluding hydrogens is 357 g/mol. The second-order valence-electron chi connectivity index (χ2n) is 6.82. The number of hydrogen-bond acceptors (Lipinski definition) is 4. The molecule has 3 aromatic rings. The number of pyridine rings is 2. The molecule has 0 amide bonds. The smallest absolute Gasteiger partial charge is 0.274 e. The third-order valence-corrected chi connectivity index (χ3v) is 4.48. The van der Waals surface area contributed by atoms with Crippen LogP contribution in [-0.4, -0.2) is 9.55 Å². The lowest BCUT2D eigenvalue weighted by atomic mass is 10.0. The van der Waals surface area contributed by atoms with E-state index in [1.807, 2.05) is 13.8 Å². The fourth-order valence-electron chi connectivity index (χ4n) is 3.10. The molecule has 146 valence electrons. The van der Waals surface area contributed by atoms with Crippen molar-refractivity contribution in [3.05, 3.63) is 70.2 Å². The zero-order chi connectivity index (χ0) is 20.3. The van der Waals surface area contributed by atoms with Crippen molar-refractivity contribution < 1.29 is 9.13 Å². The third kappa shape index (κ3) is 4.22. The van der Waals surface area contributed by atoms with Crippen molar-refractivity contribution in [2.75, 3.05) is 5.73 Å². The molecule has 0 atom stereocenters. The highest BCUT2D eigenvalue weighted by molar-refractivity contribution is 5.76. The lowest BCUT2D eigenvalue weighted by Crippen LogP contribution is -2.23. The summed E-state index contributed by atoms with van der Waals surface area (Å²) in [7, 11) is 0. The van der Waals surface area contributed by atoms with Crippen molar-refractivity contribution in [2.24, 2.45) is 0 Å². The van der Waals surface area contributed by atoms with E-state index in [9.17, 15) is 9.18 Å². The second-order valence-corrected chi connectivity index (χ2v) is 6.82. The normalized spacial score (nSPS) is 10.9. The van der Waals surface area contributed by atoms with Crippen LogP contribution in [0.2, 0.25) is 0 Å². The minimum atomic E-state index is -0.502. The first kappa shape index (κ1) is 19.6. The van der Waals surface area contributed by atoms with Crippen LogP contribution in [0.15, 0.2) is 47.4 Å². The lowest BCUT2D eigenvalue weighted by molar-refractivity contribution is 0.475. The minimum Gasteiger partial charge on any atom is -0.457 e. The van der Waals surface area contributed by atoms with Gasteiger partial charge in [0.1, 0.15) is 23.0 Å². The summed E-state index contributed by atoms with van der Waals surface area (Å²) in [6, 6.07) is 9.78. The maximum Gasteiger partial charge on any atom is 0.274 e. The van der Waals surface area contributed by atoms with Gasteiger partial charge < -0.3 is 15.0 Å². The van der Waals surface area contributed by atoms with Crippen molar-refractivity contribution in [1.29, 1.82) is 0 Å². The zero-order valence-corrected chi connectivity index (χ0v) is 16.3. The van der Waals surface area contributed by atoms with Crippen LogP contribution in [0.5, 0.6) is 11.5 Å². The summed E-state index contributed by atoms with van der Waals surface area (Å²) in [5.41, 5.74) is 8.06. The van der Waals surface area contributed by atoms with Crippen LogP contribution in [0.4, 0.5) is 10.1 Å². The number of nitrogen functional groups attached to an aromatic ring is 1. The number of hydrogen-bond donors (Lipinski definition) is 1. The Kier molecular flexibility index (Phi) is 5.78. The molecule has 2 N–H and O–H groups in total. The van der Waals surface area contributed by atoms with Gasteiger partial charge in [0.15, 0.2) is 0 Å². The lowest BCUT2D eigenvalue weighted by Gasteiger charge is -2.12. The highest BCUT2D eigenvalue weighted by atomic mass is 19.1. The van der Waals surface area contributed by atoms with Gasteiger partial charge in [0.25, 0.3) is 5.56 Å². The molecule has 2 aromatic heterocycles. The fraction of sp³-hybridized carbons (Fsp3) is 0.273. The Balaban J connectivity index is 1.90. The summed E-state index contributed by atoms with van der Waals surface area (Å²) < 4.78 is 22.1. The molecule has 0 saturated heterocycles. The largest absolute Gasteiger partial charge is 0.457 e. The van der Waals surface area contributed by atoms with Crippen LogP contribution in [0.3, 0.4) is 0 Å². The quantitative estimate of drug-likeness (QED) is 0.663. The van der Waals surface area contributed by atoms with Crippen LogP contribution >= 0.6 is 0 Å². The maximum absolute atomic E-state index is 14.8. The molecule has 1 aromatic carbocycles. The molecule has 0 bridgehead atoms. The number of nitrogens with two attached hydrogens (primary N) is 1. The van der Waals surface area contributed by atoms with Crippen molar-refractivity contribution in [3.63, 3.8) is 0 Å². The van der Waals surface area contributed by atoms with E-state index in [1.54, 1.807) is 41.1 Å². The van der Waals surface area contributed by atoms with Gasteiger partial charge in [-0.05, 0) is 38.5 Å². The average molecular weight is 381 g/mol. The Labute approximate surface area is 163 Å². The monoisotopic (exact) mass is 381 g/mol. The van der Waals surface area contributed by atoms with Crippen LogP contribution < -0.4 is 16.0 Å². The molecule has 0 aliphatic heterocycles. The average Bonchev–Trinajstić information content (AvgIpc) is 2.63. The fourth-order valence-corrected chi connectivity index (χ4v) is 3.10. The molecule has 0 unspecified atom stereocenters. The first-order valence-electron chi connectivity index (χ1n) is 9.31. The SMILES string of the molecule is CCCCn1ccc(-c2ccc(Oc3cc(C)nc(C)c3)cc2F)c(N)c1=O. The number of ether oxygens (including phenoxy) is 1. The molecule has 0 radical (unpaired) electrons. The van der Waals surface area contributed by atoms with E-state index in [1.165, 1.54) is 6.07 Å². The molecule has 3 rings (SSSR count). The number of rotatable bonds is 6. The van der Waals surface area contributed by atoms with Crippen molar-refractivity contribution in [3.8, 4) is 22.6 Å². The number of unbranched alkanes of at least 4 members (excludes halogenated alkanes) is 1. The van der Waals surface area contributed by atoms with Gasteiger partial charge in [-0.15, -0.1) is 0 Å². The highest BCUT2D eigenvalue weighted by Crippen LogP contribution is 2.31.